The third-order valence-corrected chi connectivity index (χ3v) is 4.68. The topological polar surface area (TPSA) is 9.23 Å². The molecule has 0 aliphatic carbocycles. The average molecular weight is 340 g/mol. The number of rotatable bonds is 9. The lowest BCUT2D eigenvalue weighted by Gasteiger charge is -2.17. The van der Waals surface area contributed by atoms with Crippen LogP contribution in [0.4, 0.5) is 8.78 Å². The van der Waals surface area contributed by atoms with Gasteiger partial charge in [-0.15, -0.1) is 11.8 Å². The summed E-state index contributed by atoms with van der Waals surface area (Å²) in [5.74, 6) is 1.17. The van der Waals surface area contributed by atoms with E-state index in [-0.39, 0.29) is 5.25 Å². The maximum absolute atomic E-state index is 12.7. The molecule has 2 atom stereocenters. The zero-order valence-corrected chi connectivity index (χ0v) is 15.1. The minimum atomic E-state index is -1.60. The number of ether oxygens (including phenoxy) is 1. The number of halogens is 2. The third kappa shape index (κ3) is 8.80. The van der Waals surface area contributed by atoms with Crippen LogP contribution in [-0.2, 0) is 0 Å². The highest BCUT2D eigenvalue weighted by Crippen LogP contribution is 2.32. The van der Waals surface area contributed by atoms with E-state index in [9.17, 15) is 8.78 Å². The molecule has 0 aliphatic rings. The first-order valence-corrected chi connectivity index (χ1v) is 8.75. The molecule has 1 nitrogen and oxygen atoms in total. The molecular formula is C19H26F2OS. The van der Waals surface area contributed by atoms with Crippen LogP contribution in [0.5, 0.6) is 5.75 Å². The van der Waals surface area contributed by atoms with E-state index in [0.29, 0.717) is 5.92 Å². The van der Waals surface area contributed by atoms with Crippen molar-refractivity contribution >= 4 is 11.8 Å². The molecule has 0 heterocycles. The Hall–Kier alpha value is -1.29. The van der Waals surface area contributed by atoms with Gasteiger partial charge in [-0.1, -0.05) is 18.6 Å². The first-order chi connectivity index (χ1) is 10.9. The van der Waals surface area contributed by atoms with Crippen molar-refractivity contribution in [3.05, 3.63) is 48.1 Å². The first-order valence-electron chi connectivity index (χ1n) is 7.87. The van der Waals surface area contributed by atoms with Crippen LogP contribution in [0.1, 0.15) is 40.0 Å². The summed E-state index contributed by atoms with van der Waals surface area (Å²) in [5, 5.41) is -0.213. The number of allylic oxidation sites excluding steroid dienone is 2. The second-order valence-electron chi connectivity index (χ2n) is 5.99. The van der Waals surface area contributed by atoms with Crippen molar-refractivity contribution in [1.29, 1.82) is 0 Å². The summed E-state index contributed by atoms with van der Waals surface area (Å²) in [7, 11) is 1.61. The predicted molar refractivity (Wildman–Crippen MR) is 95.4 cm³/mol. The normalized spacial score (nSPS) is 13.1. The number of methoxy groups -OCH3 is 1. The maximum atomic E-state index is 12.7. The third-order valence-electron chi connectivity index (χ3n) is 3.51. The molecule has 0 radical (unpaired) electrons. The van der Waals surface area contributed by atoms with Crippen LogP contribution in [-0.4, -0.2) is 12.4 Å². The summed E-state index contributed by atoms with van der Waals surface area (Å²) in [5.41, 5.74) is 1.30. The van der Waals surface area contributed by atoms with Crippen molar-refractivity contribution in [3.63, 3.8) is 0 Å². The first kappa shape index (κ1) is 19.8. The molecule has 0 amide bonds. The van der Waals surface area contributed by atoms with Gasteiger partial charge < -0.3 is 4.74 Å². The lowest BCUT2D eigenvalue weighted by molar-refractivity contribution is 0.413. The van der Waals surface area contributed by atoms with Gasteiger partial charge in [0.2, 0.25) is 0 Å². The van der Waals surface area contributed by atoms with E-state index in [4.69, 9.17) is 4.74 Å². The molecule has 1 aromatic carbocycles. The SMILES string of the molecule is COc1ccc(S[C@@H](C=C(F)F)C[C@H](C)CCC=C(C)C)cc1. The van der Waals surface area contributed by atoms with Gasteiger partial charge in [0.25, 0.3) is 6.08 Å². The molecule has 4 heteroatoms. The predicted octanol–water partition coefficient (Wildman–Crippen LogP) is 6.71. The highest BCUT2D eigenvalue weighted by atomic mass is 32.2. The van der Waals surface area contributed by atoms with Crippen molar-refractivity contribution in [2.24, 2.45) is 5.92 Å². The molecule has 1 aromatic rings. The zero-order chi connectivity index (χ0) is 17.2. The van der Waals surface area contributed by atoms with Crippen LogP contribution >= 0.6 is 11.8 Å². The number of hydrogen-bond donors (Lipinski definition) is 0. The van der Waals surface area contributed by atoms with Gasteiger partial charge in [-0.2, -0.15) is 8.78 Å². The highest BCUT2D eigenvalue weighted by Gasteiger charge is 2.14. The van der Waals surface area contributed by atoms with Crippen LogP contribution < -0.4 is 4.74 Å². The van der Waals surface area contributed by atoms with E-state index >= 15 is 0 Å². The largest absolute Gasteiger partial charge is 0.497 e. The van der Waals surface area contributed by atoms with Gasteiger partial charge in [-0.05, 0) is 69.4 Å². The molecule has 0 fully saturated rings. The Morgan fingerprint density at radius 3 is 2.39 bits per heavy atom. The second kappa shape index (κ2) is 10.5. The Labute approximate surface area is 142 Å². The van der Waals surface area contributed by atoms with Gasteiger partial charge in [0.05, 0.1) is 7.11 Å². The average Bonchev–Trinajstić information content (AvgIpc) is 2.46. The Kier molecular flexibility index (Phi) is 9.00. The van der Waals surface area contributed by atoms with Gasteiger partial charge >= 0.3 is 0 Å². The van der Waals surface area contributed by atoms with Crippen molar-refractivity contribution in [2.75, 3.05) is 7.11 Å². The van der Waals surface area contributed by atoms with E-state index in [2.05, 4.69) is 26.8 Å². The van der Waals surface area contributed by atoms with Gasteiger partial charge in [0, 0.05) is 10.1 Å². The van der Waals surface area contributed by atoms with E-state index < -0.39 is 6.08 Å². The molecule has 0 aromatic heterocycles. The molecule has 0 unspecified atom stereocenters. The van der Waals surface area contributed by atoms with Crippen LogP contribution in [0.25, 0.3) is 0 Å². The van der Waals surface area contributed by atoms with E-state index in [1.807, 2.05) is 24.3 Å². The molecule has 23 heavy (non-hydrogen) atoms. The fourth-order valence-corrected chi connectivity index (χ4v) is 3.53. The van der Waals surface area contributed by atoms with Crippen LogP contribution in [0.15, 0.2) is 53.0 Å². The zero-order valence-electron chi connectivity index (χ0n) is 14.3. The molecule has 128 valence electrons. The Balaban J connectivity index is 2.64. The fourth-order valence-electron chi connectivity index (χ4n) is 2.29. The van der Waals surface area contributed by atoms with E-state index in [1.165, 1.54) is 17.3 Å². The minimum Gasteiger partial charge on any atom is -0.497 e. The van der Waals surface area contributed by atoms with Crippen molar-refractivity contribution in [1.82, 2.24) is 0 Å². The smallest absolute Gasteiger partial charge is 0.267 e. The fraction of sp³-hybridized carbons (Fsp3) is 0.474. The van der Waals surface area contributed by atoms with Crippen LogP contribution in [0.2, 0.25) is 0 Å². The molecule has 0 N–H and O–H groups in total. The summed E-state index contributed by atoms with van der Waals surface area (Å²) in [6, 6.07) is 7.53. The van der Waals surface area contributed by atoms with Crippen molar-refractivity contribution in [2.45, 2.75) is 50.2 Å². The molecule has 1 rings (SSSR count). The van der Waals surface area contributed by atoms with Crippen LogP contribution in [0, 0.1) is 5.92 Å². The van der Waals surface area contributed by atoms with Gasteiger partial charge in [-0.25, -0.2) is 0 Å². The van der Waals surface area contributed by atoms with Crippen molar-refractivity contribution in [3.8, 4) is 5.75 Å². The molecule has 0 spiro atoms. The monoisotopic (exact) mass is 340 g/mol. The second-order valence-corrected chi connectivity index (χ2v) is 7.30. The van der Waals surface area contributed by atoms with Crippen molar-refractivity contribution < 1.29 is 13.5 Å². The maximum Gasteiger partial charge on any atom is 0.267 e. The van der Waals surface area contributed by atoms with Crippen LogP contribution in [0.3, 0.4) is 0 Å². The molecule has 0 saturated carbocycles. The minimum absolute atomic E-state index is 0.213. The molecule has 0 bridgehead atoms. The van der Waals surface area contributed by atoms with Gasteiger partial charge in [0.15, 0.2) is 0 Å². The summed E-state index contributed by atoms with van der Waals surface area (Å²) < 4.78 is 30.6. The number of hydrogen-bond acceptors (Lipinski definition) is 2. The molecule has 0 aliphatic heterocycles. The number of thioether (sulfide) groups is 1. The molecule has 0 saturated heterocycles. The lowest BCUT2D eigenvalue weighted by atomic mass is 9.99. The lowest BCUT2D eigenvalue weighted by Crippen LogP contribution is -2.06. The number of benzene rings is 1. The quantitative estimate of drug-likeness (QED) is 0.365. The van der Waals surface area contributed by atoms with E-state index in [0.717, 1.165) is 36.0 Å². The summed E-state index contributed by atoms with van der Waals surface area (Å²) >= 11 is 1.48. The van der Waals surface area contributed by atoms with Gasteiger partial charge in [-0.3, -0.25) is 0 Å². The Morgan fingerprint density at radius 1 is 1.22 bits per heavy atom. The highest BCUT2D eigenvalue weighted by molar-refractivity contribution is 8.00. The van der Waals surface area contributed by atoms with Gasteiger partial charge in [0.1, 0.15) is 5.75 Å². The summed E-state index contributed by atoms with van der Waals surface area (Å²) in [6.45, 7) is 6.28. The summed E-state index contributed by atoms with van der Waals surface area (Å²) in [6.07, 6.45) is 4.44. The standard InChI is InChI=1S/C19H26F2OS/c1-14(2)6-5-7-15(3)12-18(13-19(20)21)23-17-10-8-16(22-4)9-11-17/h6,8-11,13,15,18H,5,7,12H2,1-4H3/t15-,18-/m1/s1. The van der Waals surface area contributed by atoms with E-state index in [1.54, 1.807) is 7.11 Å². The molecular weight excluding hydrogens is 314 g/mol. The Morgan fingerprint density at radius 2 is 1.87 bits per heavy atom. The summed E-state index contributed by atoms with van der Waals surface area (Å²) in [4.78, 5) is 0.977. The Bertz CT molecular complexity index is 515.